The van der Waals surface area contributed by atoms with Gasteiger partial charge in [0, 0.05) is 23.6 Å². The Morgan fingerprint density at radius 3 is 2.25 bits per heavy atom. The van der Waals surface area contributed by atoms with E-state index in [9.17, 15) is 4.79 Å². The van der Waals surface area contributed by atoms with Crippen LogP contribution in [0.5, 0.6) is 17.2 Å². The summed E-state index contributed by atoms with van der Waals surface area (Å²) < 4.78 is 15.6. The molecule has 0 radical (unpaired) electrons. The van der Waals surface area contributed by atoms with Crippen LogP contribution < -0.4 is 24.8 Å². The maximum Gasteiger partial charge on any atom is 0.274 e. The van der Waals surface area contributed by atoms with Crippen LogP contribution in [0.15, 0.2) is 54.7 Å². The van der Waals surface area contributed by atoms with Crippen molar-refractivity contribution < 1.29 is 19.0 Å². The van der Waals surface area contributed by atoms with E-state index in [0.29, 0.717) is 28.6 Å². The van der Waals surface area contributed by atoms with Crippen LogP contribution >= 0.6 is 0 Å². The van der Waals surface area contributed by atoms with Gasteiger partial charge in [-0.3, -0.25) is 4.79 Å². The predicted molar refractivity (Wildman–Crippen MR) is 106 cm³/mol. The fraction of sp³-hybridized carbons (Fsp3) is 0.150. The number of anilines is 3. The number of methoxy groups -OCH3 is 3. The molecule has 0 saturated heterocycles. The Morgan fingerprint density at radius 1 is 0.857 bits per heavy atom. The molecule has 0 unspecified atom stereocenters. The van der Waals surface area contributed by atoms with Crippen LogP contribution in [0.3, 0.4) is 0 Å². The number of rotatable bonds is 7. The molecule has 0 aliphatic carbocycles. The highest BCUT2D eigenvalue weighted by Gasteiger charge is 2.11. The van der Waals surface area contributed by atoms with E-state index < -0.39 is 0 Å². The van der Waals surface area contributed by atoms with Crippen LogP contribution in [0.1, 0.15) is 10.5 Å². The molecule has 0 saturated carbocycles. The first-order valence-electron chi connectivity index (χ1n) is 8.40. The zero-order valence-corrected chi connectivity index (χ0v) is 15.7. The third-order valence-electron chi connectivity index (χ3n) is 3.88. The average molecular weight is 380 g/mol. The average Bonchev–Trinajstić information content (AvgIpc) is 2.74. The molecule has 0 spiro atoms. The summed E-state index contributed by atoms with van der Waals surface area (Å²) in [5.41, 5.74) is 1.57. The Kier molecular flexibility index (Phi) is 5.91. The summed E-state index contributed by atoms with van der Waals surface area (Å²) in [6.07, 6.45) is 1.51. The molecule has 1 aromatic heterocycles. The summed E-state index contributed by atoms with van der Waals surface area (Å²) in [5.74, 6) is 1.83. The zero-order chi connectivity index (χ0) is 19.9. The molecule has 0 aliphatic rings. The van der Waals surface area contributed by atoms with E-state index in [4.69, 9.17) is 14.2 Å². The number of hydrogen-bond acceptors (Lipinski definition) is 7. The minimum atomic E-state index is -0.345. The lowest BCUT2D eigenvalue weighted by Gasteiger charge is -2.11. The van der Waals surface area contributed by atoms with Crippen LogP contribution in [0.25, 0.3) is 0 Å². The molecule has 1 amide bonds. The smallest absolute Gasteiger partial charge is 0.274 e. The van der Waals surface area contributed by atoms with E-state index in [-0.39, 0.29) is 17.5 Å². The second kappa shape index (κ2) is 8.72. The Morgan fingerprint density at radius 2 is 1.57 bits per heavy atom. The third-order valence-corrected chi connectivity index (χ3v) is 3.88. The van der Waals surface area contributed by atoms with E-state index in [1.807, 2.05) is 0 Å². The zero-order valence-electron chi connectivity index (χ0n) is 15.7. The molecule has 0 bridgehead atoms. The van der Waals surface area contributed by atoms with E-state index in [1.165, 1.54) is 6.20 Å². The number of carbonyl (C=O) groups is 1. The standard InChI is InChI=1S/C20H20N4O4/c1-26-15-7-4-13(5-8-15)22-19(25)16-10-11-21-20(24-16)23-14-6-9-17(27-2)18(12-14)28-3/h4-12H,1-3H3,(H,22,25)(H,21,23,24). The molecule has 2 N–H and O–H groups in total. The fourth-order valence-electron chi connectivity index (χ4n) is 2.46. The number of amides is 1. The molecule has 3 aromatic rings. The Balaban J connectivity index is 1.73. The summed E-state index contributed by atoms with van der Waals surface area (Å²) in [7, 11) is 4.71. The first kappa shape index (κ1) is 19.0. The van der Waals surface area contributed by atoms with Crippen molar-refractivity contribution in [3.05, 3.63) is 60.4 Å². The topological polar surface area (TPSA) is 94.6 Å². The number of carbonyl (C=O) groups excluding carboxylic acids is 1. The maximum absolute atomic E-state index is 12.5. The molecule has 0 aliphatic heterocycles. The van der Waals surface area contributed by atoms with Gasteiger partial charge in [0.2, 0.25) is 5.95 Å². The number of nitrogens with one attached hydrogen (secondary N) is 2. The van der Waals surface area contributed by atoms with Crippen molar-refractivity contribution in [3.63, 3.8) is 0 Å². The largest absolute Gasteiger partial charge is 0.497 e. The molecule has 0 fully saturated rings. The van der Waals surface area contributed by atoms with Crippen LogP contribution in [-0.4, -0.2) is 37.2 Å². The van der Waals surface area contributed by atoms with Crippen molar-refractivity contribution in [2.24, 2.45) is 0 Å². The van der Waals surface area contributed by atoms with Crippen LogP contribution in [0, 0.1) is 0 Å². The number of ether oxygens (including phenoxy) is 3. The monoisotopic (exact) mass is 380 g/mol. The Labute approximate surface area is 162 Å². The van der Waals surface area contributed by atoms with Crippen LogP contribution in [0.4, 0.5) is 17.3 Å². The Hall–Kier alpha value is -3.81. The highest BCUT2D eigenvalue weighted by molar-refractivity contribution is 6.03. The van der Waals surface area contributed by atoms with Gasteiger partial charge in [0.15, 0.2) is 11.5 Å². The van der Waals surface area contributed by atoms with Gasteiger partial charge >= 0.3 is 0 Å². The van der Waals surface area contributed by atoms with Gasteiger partial charge in [-0.1, -0.05) is 0 Å². The van der Waals surface area contributed by atoms with Crippen molar-refractivity contribution in [3.8, 4) is 17.2 Å². The second-order valence-corrected chi connectivity index (χ2v) is 5.64. The molecule has 144 valence electrons. The van der Waals surface area contributed by atoms with Crippen LogP contribution in [-0.2, 0) is 0 Å². The quantitative estimate of drug-likeness (QED) is 0.648. The number of aromatic nitrogens is 2. The minimum absolute atomic E-state index is 0.230. The summed E-state index contributed by atoms with van der Waals surface area (Å²) in [6, 6.07) is 13.9. The highest BCUT2D eigenvalue weighted by atomic mass is 16.5. The summed E-state index contributed by atoms with van der Waals surface area (Å²) in [6.45, 7) is 0. The minimum Gasteiger partial charge on any atom is -0.497 e. The molecule has 28 heavy (non-hydrogen) atoms. The van der Waals surface area contributed by atoms with E-state index >= 15 is 0 Å². The molecule has 2 aromatic carbocycles. The molecule has 8 heteroatoms. The normalized spacial score (nSPS) is 10.1. The van der Waals surface area contributed by atoms with Gasteiger partial charge in [-0.25, -0.2) is 9.97 Å². The number of nitrogens with zero attached hydrogens (tertiary/aromatic N) is 2. The van der Waals surface area contributed by atoms with Crippen molar-refractivity contribution in [2.75, 3.05) is 32.0 Å². The van der Waals surface area contributed by atoms with E-state index in [1.54, 1.807) is 69.9 Å². The molecule has 8 nitrogen and oxygen atoms in total. The summed E-state index contributed by atoms with van der Waals surface area (Å²) >= 11 is 0. The predicted octanol–water partition coefficient (Wildman–Crippen LogP) is 3.50. The highest BCUT2D eigenvalue weighted by Crippen LogP contribution is 2.30. The van der Waals surface area contributed by atoms with Crippen molar-refractivity contribution in [1.82, 2.24) is 9.97 Å². The van der Waals surface area contributed by atoms with Crippen molar-refractivity contribution >= 4 is 23.2 Å². The third kappa shape index (κ3) is 4.47. The van der Waals surface area contributed by atoms with Gasteiger partial charge in [-0.15, -0.1) is 0 Å². The van der Waals surface area contributed by atoms with Gasteiger partial charge in [-0.2, -0.15) is 0 Å². The molecule has 3 rings (SSSR count). The number of benzene rings is 2. The van der Waals surface area contributed by atoms with Gasteiger partial charge in [-0.05, 0) is 42.5 Å². The molecule has 0 atom stereocenters. The first-order valence-corrected chi connectivity index (χ1v) is 8.40. The summed E-state index contributed by atoms with van der Waals surface area (Å²) in [5, 5.41) is 5.83. The molecular formula is C20H20N4O4. The fourth-order valence-corrected chi connectivity index (χ4v) is 2.46. The van der Waals surface area contributed by atoms with Crippen molar-refractivity contribution in [1.29, 1.82) is 0 Å². The maximum atomic E-state index is 12.5. The lowest BCUT2D eigenvalue weighted by atomic mass is 10.2. The van der Waals surface area contributed by atoms with Crippen molar-refractivity contribution in [2.45, 2.75) is 0 Å². The molecule has 1 heterocycles. The first-order chi connectivity index (χ1) is 13.6. The summed E-state index contributed by atoms with van der Waals surface area (Å²) in [4.78, 5) is 20.9. The van der Waals surface area contributed by atoms with Gasteiger partial charge in [0.05, 0.1) is 21.3 Å². The van der Waals surface area contributed by atoms with Gasteiger partial charge in [0.25, 0.3) is 5.91 Å². The van der Waals surface area contributed by atoms with E-state index in [2.05, 4.69) is 20.6 Å². The molecular weight excluding hydrogens is 360 g/mol. The lowest BCUT2D eigenvalue weighted by Crippen LogP contribution is -2.14. The van der Waals surface area contributed by atoms with E-state index in [0.717, 1.165) is 0 Å². The SMILES string of the molecule is COc1ccc(NC(=O)c2ccnc(Nc3ccc(OC)c(OC)c3)n2)cc1. The Bertz CT molecular complexity index is 961. The van der Waals surface area contributed by atoms with Gasteiger partial charge in [0.1, 0.15) is 11.4 Å². The number of hydrogen-bond donors (Lipinski definition) is 2. The van der Waals surface area contributed by atoms with Gasteiger partial charge < -0.3 is 24.8 Å². The lowest BCUT2D eigenvalue weighted by molar-refractivity contribution is 0.102. The van der Waals surface area contributed by atoms with Crippen LogP contribution in [0.2, 0.25) is 0 Å². The second-order valence-electron chi connectivity index (χ2n) is 5.64.